The van der Waals surface area contributed by atoms with Crippen molar-refractivity contribution >= 4 is 11.9 Å². The van der Waals surface area contributed by atoms with Crippen LogP contribution in [0.3, 0.4) is 0 Å². The van der Waals surface area contributed by atoms with E-state index in [2.05, 4.69) is 59.7 Å². The fourth-order valence-electron chi connectivity index (χ4n) is 3.83. The second-order valence-electron chi connectivity index (χ2n) is 11.2. The third kappa shape index (κ3) is 8.49. The molecule has 0 N–H and O–H groups in total. The van der Waals surface area contributed by atoms with E-state index >= 15 is 0 Å². The summed E-state index contributed by atoms with van der Waals surface area (Å²) in [6.07, 6.45) is 1.60. The van der Waals surface area contributed by atoms with Gasteiger partial charge in [-0.2, -0.15) is 0 Å². The zero-order chi connectivity index (χ0) is 27.1. The lowest BCUT2D eigenvalue weighted by Crippen LogP contribution is -2.21. The molecule has 3 rings (SSSR count). The van der Waals surface area contributed by atoms with Crippen molar-refractivity contribution in [2.24, 2.45) is 0 Å². The predicted molar refractivity (Wildman–Crippen MR) is 146 cm³/mol. The molecule has 0 heterocycles. The highest BCUT2D eigenvalue weighted by Gasteiger charge is 2.23. The molecule has 196 valence electrons. The van der Waals surface area contributed by atoms with Gasteiger partial charge in [-0.15, -0.1) is 0 Å². The first-order valence-electron chi connectivity index (χ1n) is 12.7. The molecule has 5 heteroatoms. The average molecular weight is 503 g/mol. The summed E-state index contributed by atoms with van der Waals surface area (Å²) in [5.74, 6) is 0.0924. The van der Waals surface area contributed by atoms with Crippen LogP contribution in [0.2, 0.25) is 0 Å². The number of benzene rings is 3. The molecule has 0 amide bonds. The molecule has 0 unspecified atom stereocenters. The molecule has 0 aliphatic heterocycles. The van der Waals surface area contributed by atoms with Crippen molar-refractivity contribution in [2.75, 3.05) is 13.2 Å². The lowest BCUT2D eigenvalue weighted by atomic mass is 9.80. The number of carbonyl (C=O) groups excluding carboxylic acids is 2. The molecular weight excluding hydrogens is 464 g/mol. The molecule has 0 spiro atoms. The first-order valence-corrected chi connectivity index (χ1v) is 12.7. The minimum Gasteiger partial charge on any atom is -0.482 e. The van der Waals surface area contributed by atoms with E-state index in [-0.39, 0.29) is 17.4 Å². The van der Waals surface area contributed by atoms with Crippen molar-refractivity contribution in [1.29, 1.82) is 0 Å². The Balaban J connectivity index is 1.50. The standard InChI is InChI=1S/C32H38O5/c1-31(2,3)25-16-19-28(27(21-25)32(4,5)6)36-22-29(33)37-26-17-14-24(15-18-26)30(34)35-20-10-13-23-11-8-7-9-12-23/h7-9,11-12,14-19,21H,10,13,20,22H2,1-6H3. The predicted octanol–water partition coefficient (Wildman–Crippen LogP) is 7.06. The van der Waals surface area contributed by atoms with Crippen molar-refractivity contribution in [3.05, 3.63) is 95.1 Å². The van der Waals surface area contributed by atoms with Gasteiger partial charge in [0, 0.05) is 0 Å². The fourth-order valence-corrected chi connectivity index (χ4v) is 3.83. The van der Waals surface area contributed by atoms with Gasteiger partial charge < -0.3 is 14.2 Å². The molecule has 0 radical (unpaired) electrons. The van der Waals surface area contributed by atoms with Crippen molar-refractivity contribution in [1.82, 2.24) is 0 Å². The van der Waals surface area contributed by atoms with E-state index in [9.17, 15) is 9.59 Å². The van der Waals surface area contributed by atoms with Crippen LogP contribution >= 0.6 is 0 Å². The second-order valence-corrected chi connectivity index (χ2v) is 11.2. The van der Waals surface area contributed by atoms with Gasteiger partial charge in [0.15, 0.2) is 6.61 Å². The Kier molecular flexibility index (Phi) is 9.14. The smallest absolute Gasteiger partial charge is 0.349 e. The Morgan fingerprint density at radius 3 is 2.08 bits per heavy atom. The summed E-state index contributed by atoms with van der Waals surface area (Å²) >= 11 is 0. The van der Waals surface area contributed by atoms with Crippen molar-refractivity contribution in [3.8, 4) is 11.5 Å². The van der Waals surface area contributed by atoms with E-state index in [4.69, 9.17) is 14.2 Å². The monoisotopic (exact) mass is 502 g/mol. The zero-order valence-electron chi connectivity index (χ0n) is 22.8. The highest BCUT2D eigenvalue weighted by molar-refractivity contribution is 5.89. The molecule has 0 atom stereocenters. The van der Waals surface area contributed by atoms with Crippen LogP contribution in [0.25, 0.3) is 0 Å². The quantitative estimate of drug-likeness (QED) is 0.178. The molecule has 3 aromatic carbocycles. The van der Waals surface area contributed by atoms with E-state index in [1.165, 1.54) is 11.1 Å². The maximum absolute atomic E-state index is 12.4. The van der Waals surface area contributed by atoms with Crippen LogP contribution in [-0.2, 0) is 26.8 Å². The summed E-state index contributed by atoms with van der Waals surface area (Å²) in [5.41, 5.74) is 3.74. The Labute approximate surface area is 220 Å². The molecule has 0 aromatic heterocycles. The van der Waals surface area contributed by atoms with Gasteiger partial charge in [0.25, 0.3) is 0 Å². The fraction of sp³-hybridized carbons (Fsp3) is 0.375. The number of aryl methyl sites for hydroxylation is 1. The zero-order valence-corrected chi connectivity index (χ0v) is 22.8. The van der Waals surface area contributed by atoms with Crippen LogP contribution in [-0.4, -0.2) is 25.2 Å². The first kappa shape index (κ1) is 28.0. The molecule has 0 saturated heterocycles. The molecule has 5 nitrogen and oxygen atoms in total. The van der Waals surface area contributed by atoms with Crippen molar-refractivity contribution in [3.63, 3.8) is 0 Å². The van der Waals surface area contributed by atoms with Gasteiger partial charge in [-0.3, -0.25) is 0 Å². The lowest BCUT2D eigenvalue weighted by molar-refractivity contribution is -0.136. The number of hydrogen-bond acceptors (Lipinski definition) is 5. The summed E-state index contributed by atoms with van der Waals surface area (Å²) in [5, 5.41) is 0. The summed E-state index contributed by atoms with van der Waals surface area (Å²) in [6.45, 7) is 13.0. The molecule has 0 aliphatic carbocycles. The molecule has 0 aliphatic rings. The van der Waals surface area contributed by atoms with E-state index in [0.29, 0.717) is 23.7 Å². The third-order valence-electron chi connectivity index (χ3n) is 6.01. The number of rotatable bonds is 9. The number of esters is 2. The van der Waals surface area contributed by atoms with Crippen LogP contribution in [0, 0.1) is 0 Å². The van der Waals surface area contributed by atoms with Gasteiger partial charge in [-0.1, -0.05) is 84.0 Å². The largest absolute Gasteiger partial charge is 0.482 e. The van der Waals surface area contributed by atoms with Gasteiger partial charge in [0.05, 0.1) is 12.2 Å². The molecule has 0 fully saturated rings. The van der Waals surface area contributed by atoms with Crippen LogP contribution in [0.4, 0.5) is 0 Å². The lowest BCUT2D eigenvalue weighted by Gasteiger charge is -2.27. The highest BCUT2D eigenvalue weighted by Crippen LogP contribution is 2.35. The third-order valence-corrected chi connectivity index (χ3v) is 6.01. The number of hydrogen-bond donors (Lipinski definition) is 0. The minimum atomic E-state index is -0.518. The molecule has 3 aromatic rings. The second kappa shape index (κ2) is 12.1. The van der Waals surface area contributed by atoms with Crippen molar-refractivity contribution in [2.45, 2.75) is 65.2 Å². The molecule has 37 heavy (non-hydrogen) atoms. The van der Waals surface area contributed by atoms with Crippen LogP contribution in [0.1, 0.15) is 75.0 Å². The minimum absolute atomic E-state index is 0.0121. The van der Waals surface area contributed by atoms with Crippen molar-refractivity contribution < 1.29 is 23.8 Å². The van der Waals surface area contributed by atoms with Crippen LogP contribution < -0.4 is 9.47 Å². The van der Waals surface area contributed by atoms with Gasteiger partial charge in [-0.05, 0) is 70.7 Å². The number of ether oxygens (including phenoxy) is 3. The Morgan fingerprint density at radius 2 is 1.46 bits per heavy atom. The van der Waals surface area contributed by atoms with E-state index < -0.39 is 11.9 Å². The topological polar surface area (TPSA) is 61.8 Å². The number of carbonyl (C=O) groups is 2. The van der Waals surface area contributed by atoms with Gasteiger partial charge in [0.2, 0.25) is 0 Å². The normalized spacial score (nSPS) is 11.6. The van der Waals surface area contributed by atoms with Crippen LogP contribution in [0.5, 0.6) is 11.5 Å². The van der Waals surface area contributed by atoms with Gasteiger partial charge in [0.1, 0.15) is 11.5 Å². The first-order chi connectivity index (χ1) is 17.4. The van der Waals surface area contributed by atoms with Gasteiger partial charge >= 0.3 is 11.9 Å². The average Bonchev–Trinajstić information content (AvgIpc) is 2.85. The SMILES string of the molecule is CC(C)(C)c1ccc(OCC(=O)Oc2ccc(C(=O)OCCCc3ccccc3)cc2)c(C(C)(C)C)c1. The maximum atomic E-state index is 12.4. The van der Waals surface area contributed by atoms with E-state index in [0.717, 1.165) is 18.4 Å². The highest BCUT2D eigenvalue weighted by atomic mass is 16.6. The molecule has 0 bridgehead atoms. The summed E-state index contributed by atoms with van der Waals surface area (Å²) < 4.78 is 16.6. The molecule has 0 saturated carbocycles. The summed E-state index contributed by atoms with van der Waals surface area (Å²) in [6, 6.07) is 22.5. The van der Waals surface area contributed by atoms with Gasteiger partial charge in [-0.25, -0.2) is 9.59 Å². The summed E-state index contributed by atoms with van der Waals surface area (Å²) in [7, 11) is 0. The summed E-state index contributed by atoms with van der Waals surface area (Å²) in [4.78, 5) is 24.7. The Hall–Kier alpha value is -3.60. The Morgan fingerprint density at radius 1 is 0.784 bits per heavy atom. The maximum Gasteiger partial charge on any atom is 0.349 e. The Bertz CT molecular complexity index is 1180. The van der Waals surface area contributed by atoms with Crippen LogP contribution in [0.15, 0.2) is 72.8 Å². The molecular formula is C32H38O5. The van der Waals surface area contributed by atoms with E-state index in [1.54, 1.807) is 24.3 Å². The van der Waals surface area contributed by atoms with E-state index in [1.807, 2.05) is 30.3 Å².